The van der Waals surface area contributed by atoms with Gasteiger partial charge in [-0.15, -0.1) is 5.10 Å². The molecule has 0 saturated carbocycles. The van der Waals surface area contributed by atoms with Gasteiger partial charge in [0.1, 0.15) is 0 Å². The molecule has 2 unspecified atom stereocenters. The molecule has 32 heavy (non-hydrogen) atoms. The van der Waals surface area contributed by atoms with E-state index in [2.05, 4.69) is 20.8 Å². The Morgan fingerprint density at radius 1 is 1.22 bits per heavy atom. The summed E-state index contributed by atoms with van der Waals surface area (Å²) in [5.41, 5.74) is 4.48. The van der Waals surface area contributed by atoms with E-state index in [4.69, 9.17) is 12.6 Å². The molecule has 0 spiro atoms. The predicted octanol–water partition coefficient (Wildman–Crippen LogP) is -4.01. The average Bonchev–Trinajstić information content (AvgIpc) is 3.14. The fourth-order valence-corrected chi connectivity index (χ4v) is 3.66. The molecule has 0 aliphatic heterocycles. The number of carbonyl (C=O) groups is 1. The molecule has 2 atom stereocenters. The van der Waals surface area contributed by atoms with E-state index in [1.165, 1.54) is 4.68 Å². The van der Waals surface area contributed by atoms with Gasteiger partial charge in [0.05, 0.1) is 23.9 Å². The zero-order valence-electron chi connectivity index (χ0n) is 19.4. The Hall–Kier alpha value is -1.20. The average molecular weight is 471 g/mol. The maximum Gasteiger partial charge on any atom is 1.00 e. The van der Waals surface area contributed by atoms with Crippen LogP contribution in [0.5, 0.6) is 0 Å². The molecule has 3 rings (SSSR count). The minimum Gasteiger partial charge on any atom is -0.738 e. The Labute approximate surface area is 238 Å². The molecule has 1 N–H and O–H groups in total. The van der Waals surface area contributed by atoms with Crippen molar-refractivity contribution in [2.24, 2.45) is 0 Å². The molecule has 3 aromatic rings. The summed E-state index contributed by atoms with van der Waals surface area (Å²) in [4.78, 5) is 13.6. The Balaban J connectivity index is 0.00000256. The minimum absolute atomic E-state index is 0. The second-order valence-corrected chi connectivity index (χ2v) is 7.55. The molecule has 2 aromatic carbocycles. The van der Waals surface area contributed by atoms with Crippen LogP contribution in [-0.4, -0.2) is 38.4 Å². The van der Waals surface area contributed by atoms with Gasteiger partial charge in [-0.1, -0.05) is 30.7 Å². The van der Waals surface area contributed by atoms with E-state index in [9.17, 15) is 9.90 Å². The summed E-state index contributed by atoms with van der Waals surface area (Å²) < 4.78 is 1.47. The van der Waals surface area contributed by atoms with Crippen LogP contribution in [-0.2, 0) is 17.4 Å². The standard InChI is InChI=1S/C21H26N6O2S.2Na/c1-5-19(22-16-7-6-8-17(12-16)27-21(30)23-24-25-27)26(15(4)20(28)29)18-10-9-13(2)11-14(18)3;;/h6-12,15,19,22H,5H2,1-4H3,(H,28,29)(H,23,25,30);;/q;2*+1/p-2. The van der Waals surface area contributed by atoms with Crippen molar-refractivity contribution in [1.82, 2.24) is 20.2 Å². The topological polar surface area (TPSA) is 99.0 Å². The smallest absolute Gasteiger partial charge is 0.738 e. The number of hydrogen-bond donors (Lipinski definition) is 1. The summed E-state index contributed by atoms with van der Waals surface area (Å²) in [6, 6.07) is 12.6. The molecule has 0 radical (unpaired) electrons. The second-order valence-electron chi connectivity index (χ2n) is 7.18. The van der Waals surface area contributed by atoms with Gasteiger partial charge in [-0.2, -0.15) is 0 Å². The first kappa shape index (κ1) is 28.8. The molecule has 0 fully saturated rings. The Bertz CT molecular complexity index is 1050. The number of aryl methyl sites for hydroxylation is 2. The van der Waals surface area contributed by atoms with Gasteiger partial charge in [-0.25, -0.2) is 4.68 Å². The van der Waals surface area contributed by atoms with Gasteiger partial charge in [0.15, 0.2) is 0 Å². The van der Waals surface area contributed by atoms with Gasteiger partial charge in [0, 0.05) is 16.5 Å². The summed E-state index contributed by atoms with van der Waals surface area (Å²) in [7, 11) is 0. The predicted molar refractivity (Wildman–Crippen MR) is 115 cm³/mol. The fraction of sp³-hybridized carbons (Fsp3) is 0.333. The molecular weight excluding hydrogens is 446 g/mol. The number of carbonyl (C=O) groups excluding carboxylic acids is 1. The first-order valence-electron chi connectivity index (χ1n) is 9.70. The van der Waals surface area contributed by atoms with E-state index in [-0.39, 0.29) is 70.4 Å². The maximum atomic E-state index is 11.8. The Morgan fingerprint density at radius 3 is 2.50 bits per heavy atom. The largest absolute Gasteiger partial charge is 1.00 e. The molecule has 1 aromatic heterocycles. The van der Waals surface area contributed by atoms with Crippen molar-refractivity contribution in [3.05, 3.63) is 53.6 Å². The summed E-state index contributed by atoms with van der Waals surface area (Å²) in [5.74, 6) is -1.13. The number of nitrogens with one attached hydrogen (secondary N) is 1. The molecule has 11 heteroatoms. The third kappa shape index (κ3) is 6.66. The summed E-state index contributed by atoms with van der Waals surface area (Å²) in [6.45, 7) is 7.63. The number of benzene rings is 2. The first-order valence-corrected chi connectivity index (χ1v) is 10.1. The monoisotopic (exact) mass is 470 g/mol. The summed E-state index contributed by atoms with van der Waals surface area (Å²) >= 11 is 5.14. The van der Waals surface area contributed by atoms with Gasteiger partial charge >= 0.3 is 59.1 Å². The number of aromatic nitrogens is 4. The van der Waals surface area contributed by atoms with Crippen LogP contribution < -0.4 is 74.4 Å². The Morgan fingerprint density at radius 2 is 1.94 bits per heavy atom. The van der Waals surface area contributed by atoms with Gasteiger partial charge in [-0.05, 0) is 67.4 Å². The van der Waals surface area contributed by atoms with E-state index in [0.717, 1.165) is 28.2 Å². The normalized spacial score (nSPS) is 12.1. The van der Waals surface area contributed by atoms with Crippen molar-refractivity contribution in [3.8, 4) is 5.69 Å². The number of rotatable bonds is 8. The van der Waals surface area contributed by atoms with E-state index in [1.807, 2.05) is 68.1 Å². The molecule has 8 nitrogen and oxygen atoms in total. The van der Waals surface area contributed by atoms with E-state index < -0.39 is 12.0 Å². The van der Waals surface area contributed by atoms with Gasteiger partial charge in [0.2, 0.25) is 0 Å². The van der Waals surface area contributed by atoms with Crippen molar-refractivity contribution in [3.63, 3.8) is 0 Å². The molecule has 0 aliphatic carbocycles. The van der Waals surface area contributed by atoms with Crippen molar-refractivity contribution in [2.45, 2.75) is 51.5 Å². The molecule has 0 saturated heterocycles. The zero-order chi connectivity index (χ0) is 21.8. The number of tetrazole rings is 1. The van der Waals surface area contributed by atoms with Crippen molar-refractivity contribution in [2.75, 3.05) is 10.2 Å². The van der Waals surface area contributed by atoms with Crippen LogP contribution in [0, 0.1) is 13.8 Å². The number of hydrogen-bond acceptors (Lipinski definition) is 8. The molecule has 0 bridgehead atoms. The van der Waals surface area contributed by atoms with Crippen molar-refractivity contribution < 1.29 is 69.0 Å². The summed E-state index contributed by atoms with van der Waals surface area (Å²) in [6.07, 6.45) is 0.373. The third-order valence-corrected chi connectivity index (χ3v) is 5.23. The quantitative estimate of drug-likeness (QED) is 0.202. The minimum atomic E-state index is -1.13. The number of aliphatic carboxylic acids is 1. The van der Waals surface area contributed by atoms with Gasteiger partial charge < -0.3 is 32.7 Å². The molecular formula is C21H24N6Na2O2S. The van der Waals surface area contributed by atoms with Crippen molar-refractivity contribution in [1.29, 1.82) is 0 Å². The van der Waals surface area contributed by atoms with Crippen LogP contribution in [0.1, 0.15) is 31.4 Å². The van der Waals surface area contributed by atoms with E-state index in [1.54, 1.807) is 6.92 Å². The van der Waals surface area contributed by atoms with E-state index in [0.29, 0.717) is 6.42 Å². The third-order valence-electron chi connectivity index (χ3n) is 4.98. The Kier molecular flexibility index (Phi) is 11.6. The number of anilines is 2. The molecule has 0 aliphatic rings. The molecule has 1 heterocycles. The molecule has 0 amide bonds. The van der Waals surface area contributed by atoms with Crippen LogP contribution in [0.2, 0.25) is 0 Å². The van der Waals surface area contributed by atoms with Crippen molar-refractivity contribution >= 4 is 30.0 Å². The number of nitrogens with zero attached hydrogens (tertiary/aromatic N) is 5. The van der Waals surface area contributed by atoms with Crippen LogP contribution in [0.3, 0.4) is 0 Å². The SMILES string of the molecule is CCC(Nc1cccc(-n2nnnc2[S-])c1)N(c1ccc(C)cc1C)C(C)C(=O)[O-].[Na+].[Na+]. The van der Waals surface area contributed by atoms with Gasteiger partial charge in [-0.3, -0.25) is 0 Å². The van der Waals surface area contributed by atoms with Crippen LogP contribution in [0.15, 0.2) is 47.6 Å². The van der Waals surface area contributed by atoms with E-state index >= 15 is 0 Å². The number of carboxylic acids is 1. The number of carboxylic acid groups (broad SMARTS) is 1. The van der Waals surface area contributed by atoms with Gasteiger partial charge in [0.25, 0.3) is 0 Å². The van der Waals surface area contributed by atoms with Crippen LogP contribution in [0.4, 0.5) is 11.4 Å². The van der Waals surface area contributed by atoms with Crippen LogP contribution in [0.25, 0.3) is 5.69 Å². The first-order chi connectivity index (χ1) is 14.3. The zero-order valence-corrected chi connectivity index (χ0v) is 24.2. The maximum absolute atomic E-state index is 11.8. The summed E-state index contributed by atoms with van der Waals surface area (Å²) in [5, 5.41) is 26.7. The fourth-order valence-electron chi connectivity index (χ4n) is 3.48. The second kappa shape index (κ2) is 12.9. The van der Waals surface area contributed by atoms with Crippen LogP contribution >= 0.6 is 0 Å². The molecule has 158 valence electrons.